The number of likely N-dealkylation sites (tertiary alicyclic amines) is 1. The van der Waals surface area contributed by atoms with E-state index in [2.05, 4.69) is 20.5 Å². The molecule has 126 valence electrons. The van der Waals surface area contributed by atoms with Crippen molar-refractivity contribution in [3.05, 3.63) is 59.8 Å². The van der Waals surface area contributed by atoms with Crippen LogP contribution >= 0.6 is 0 Å². The third-order valence-corrected chi connectivity index (χ3v) is 4.46. The second-order valence-electron chi connectivity index (χ2n) is 6.26. The predicted molar refractivity (Wildman–Crippen MR) is 95.9 cm³/mol. The van der Waals surface area contributed by atoms with Gasteiger partial charge in [-0.25, -0.2) is 4.98 Å². The highest BCUT2D eigenvalue weighted by molar-refractivity contribution is 5.93. The number of nitrogens with one attached hydrogen (secondary N) is 2. The number of aromatic nitrogens is 1. The van der Waals surface area contributed by atoms with Crippen molar-refractivity contribution in [2.45, 2.75) is 13.0 Å². The summed E-state index contributed by atoms with van der Waals surface area (Å²) in [6.45, 7) is 4.11. The summed E-state index contributed by atoms with van der Waals surface area (Å²) >= 11 is 0. The molecule has 0 unspecified atom stereocenters. The number of hydrogen-bond acceptors (Lipinski definition) is 4. The number of carbonyl (C=O) groups is 1. The molecule has 3 rings (SSSR count). The van der Waals surface area contributed by atoms with Crippen molar-refractivity contribution in [3.63, 3.8) is 0 Å². The molecule has 24 heavy (non-hydrogen) atoms. The smallest absolute Gasteiger partial charge is 0.251 e. The van der Waals surface area contributed by atoms with E-state index in [0.717, 1.165) is 32.0 Å². The average molecular weight is 324 g/mol. The van der Waals surface area contributed by atoms with Crippen LogP contribution in [0.5, 0.6) is 0 Å². The van der Waals surface area contributed by atoms with Gasteiger partial charge in [0.1, 0.15) is 5.82 Å². The van der Waals surface area contributed by atoms with Crippen LogP contribution in [0.2, 0.25) is 0 Å². The Morgan fingerprint density at radius 2 is 2.08 bits per heavy atom. The van der Waals surface area contributed by atoms with Crippen molar-refractivity contribution in [1.82, 2.24) is 15.2 Å². The number of carbonyl (C=O) groups excluding carboxylic acids is 1. The second kappa shape index (κ2) is 7.93. The zero-order valence-electron chi connectivity index (χ0n) is 14.0. The Bertz CT molecular complexity index is 657. The lowest BCUT2D eigenvalue weighted by Gasteiger charge is -2.17. The van der Waals surface area contributed by atoms with Gasteiger partial charge in [-0.05, 0) is 48.7 Å². The summed E-state index contributed by atoms with van der Waals surface area (Å²) in [4.78, 5) is 18.3. The lowest BCUT2D eigenvalue weighted by molar-refractivity contribution is 0.0963. The number of pyridine rings is 1. The molecule has 1 aromatic heterocycles. The molecule has 0 saturated carbocycles. The molecule has 1 aliphatic rings. The van der Waals surface area contributed by atoms with Crippen LogP contribution in [-0.4, -0.2) is 42.5 Å². The van der Waals surface area contributed by atoms with Gasteiger partial charge in [0.15, 0.2) is 0 Å². The minimum absolute atomic E-state index is 0.0385. The van der Waals surface area contributed by atoms with Crippen LogP contribution in [0.4, 0.5) is 5.82 Å². The van der Waals surface area contributed by atoms with Crippen LogP contribution in [0.1, 0.15) is 22.3 Å². The predicted octanol–water partition coefficient (Wildman–Crippen LogP) is 2.38. The van der Waals surface area contributed by atoms with Crippen molar-refractivity contribution < 1.29 is 4.79 Å². The Kier molecular flexibility index (Phi) is 5.43. The van der Waals surface area contributed by atoms with Crippen molar-refractivity contribution in [2.24, 2.45) is 5.92 Å². The van der Waals surface area contributed by atoms with Gasteiger partial charge in [-0.1, -0.05) is 18.2 Å². The minimum Gasteiger partial charge on any atom is -0.370 e. The lowest BCUT2D eigenvalue weighted by atomic mass is 10.1. The van der Waals surface area contributed by atoms with E-state index in [4.69, 9.17) is 0 Å². The van der Waals surface area contributed by atoms with E-state index in [-0.39, 0.29) is 5.91 Å². The third kappa shape index (κ3) is 4.32. The number of benzene rings is 1. The molecule has 1 aromatic carbocycles. The van der Waals surface area contributed by atoms with Gasteiger partial charge in [-0.2, -0.15) is 0 Å². The monoisotopic (exact) mass is 324 g/mol. The highest BCUT2D eigenvalue weighted by Gasteiger charge is 2.22. The maximum Gasteiger partial charge on any atom is 0.251 e. The third-order valence-electron chi connectivity index (χ3n) is 4.46. The summed E-state index contributed by atoms with van der Waals surface area (Å²) in [5, 5.41) is 6.06. The first-order chi connectivity index (χ1) is 11.7. The fourth-order valence-corrected chi connectivity index (χ4v) is 3.10. The summed E-state index contributed by atoms with van der Waals surface area (Å²) in [6, 6.07) is 13.8. The normalized spacial score (nSPS) is 17.6. The molecule has 5 heteroatoms. The van der Waals surface area contributed by atoms with Gasteiger partial charge in [0, 0.05) is 38.4 Å². The van der Waals surface area contributed by atoms with Gasteiger partial charge >= 0.3 is 0 Å². The van der Waals surface area contributed by atoms with E-state index in [1.165, 1.54) is 12.0 Å². The van der Waals surface area contributed by atoms with E-state index in [1.54, 1.807) is 7.05 Å². The highest BCUT2D eigenvalue weighted by atomic mass is 16.1. The summed E-state index contributed by atoms with van der Waals surface area (Å²) in [6.07, 6.45) is 3.02. The zero-order chi connectivity index (χ0) is 16.8. The SMILES string of the molecule is CNC(=O)c1ccc(CN2CC[C@H](CNc3ccccn3)C2)cc1. The minimum atomic E-state index is -0.0385. The molecule has 0 bridgehead atoms. The van der Waals surface area contributed by atoms with Crippen molar-refractivity contribution >= 4 is 11.7 Å². The van der Waals surface area contributed by atoms with Crippen LogP contribution in [0.15, 0.2) is 48.7 Å². The molecule has 0 radical (unpaired) electrons. The molecule has 1 fully saturated rings. The van der Waals surface area contributed by atoms with Crippen LogP contribution in [0, 0.1) is 5.92 Å². The quantitative estimate of drug-likeness (QED) is 0.856. The highest BCUT2D eigenvalue weighted by Crippen LogP contribution is 2.19. The van der Waals surface area contributed by atoms with Crippen LogP contribution < -0.4 is 10.6 Å². The fraction of sp³-hybridized carbons (Fsp3) is 0.368. The number of anilines is 1. The Balaban J connectivity index is 1.46. The Labute approximate surface area is 143 Å². The van der Waals surface area contributed by atoms with Crippen molar-refractivity contribution in [2.75, 3.05) is 32.0 Å². The topological polar surface area (TPSA) is 57.3 Å². The molecule has 0 aliphatic carbocycles. The molecule has 2 heterocycles. The van der Waals surface area contributed by atoms with E-state index >= 15 is 0 Å². The van der Waals surface area contributed by atoms with Gasteiger partial charge in [0.05, 0.1) is 0 Å². The number of amides is 1. The van der Waals surface area contributed by atoms with E-state index in [9.17, 15) is 4.79 Å². The van der Waals surface area contributed by atoms with E-state index in [0.29, 0.717) is 11.5 Å². The van der Waals surface area contributed by atoms with Gasteiger partial charge in [0.25, 0.3) is 5.91 Å². The molecular weight excluding hydrogens is 300 g/mol. The van der Waals surface area contributed by atoms with Gasteiger partial charge in [-0.3, -0.25) is 9.69 Å². The van der Waals surface area contributed by atoms with E-state index in [1.807, 2.05) is 48.7 Å². The Hall–Kier alpha value is -2.40. The number of rotatable bonds is 6. The number of hydrogen-bond donors (Lipinski definition) is 2. The largest absolute Gasteiger partial charge is 0.370 e. The molecular formula is C19H24N4O. The molecule has 2 N–H and O–H groups in total. The first-order valence-corrected chi connectivity index (χ1v) is 8.43. The van der Waals surface area contributed by atoms with Gasteiger partial charge in [-0.15, -0.1) is 0 Å². The van der Waals surface area contributed by atoms with Crippen molar-refractivity contribution in [1.29, 1.82) is 0 Å². The first kappa shape index (κ1) is 16.5. The molecule has 0 spiro atoms. The number of nitrogens with zero attached hydrogens (tertiary/aromatic N) is 2. The Morgan fingerprint density at radius 3 is 2.79 bits per heavy atom. The summed E-state index contributed by atoms with van der Waals surface area (Å²) in [5.41, 5.74) is 1.96. The molecule has 5 nitrogen and oxygen atoms in total. The Morgan fingerprint density at radius 1 is 1.25 bits per heavy atom. The summed E-state index contributed by atoms with van der Waals surface area (Å²) < 4.78 is 0. The van der Waals surface area contributed by atoms with Crippen molar-refractivity contribution in [3.8, 4) is 0 Å². The standard InChI is InChI=1S/C19H24N4O/c1-20-19(24)17-7-5-15(6-8-17)13-23-11-9-16(14-23)12-22-18-4-2-3-10-21-18/h2-8,10,16H,9,11-14H2,1H3,(H,20,24)(H,21,22)/t16-/m1/s1. The first-order valence-electron chi connectivity index (χ1n) is 8.43. The second-order valence-corrected chi connectivity index (χ2v) is 6.26. The molecule has 2 aromatic rings. The lowest BCUT2D eigenvalue weighted by Crippen LogP contribution is -2.23. The summed E-state index contributed by atoms with van der Waals surface area (Å²) in [7, 11) is 1.65. The van der Waals surface area contributed by atoms with E-state index < -0.39 is 0 Å². The van der Waals surface area contributed by atoms with Crippen LogP contribution in [0.25, 0.3) is 0 Å². The maximum absolute atomic E-state index is 11.6. The van der Waals surface area contributed by atoms with Crippen LogP contribution in [0.3, 0.4) is 0 Å². The molecule has 1 atom stereocenters. The summed E-state index contributed by atoms with van der Waals surface area (Å²) in [5.74, 6) is 1.56. The zero-order valence-corrected chi connectivity index (χ0v) is 14.0. The van der Waals surface area contributed by atoms with Gasteiger partial charge < -0.3 is 10.6 Å². The van der Waals surface area contributed by atoms with Gasteiger partial charge in [0.2, 0.25) is 0 Å². The maximum atomic E-state index is 11.6. The average Bonchev–Trinajstić information content (AvgIpc) is 3.08. The van der Waals surface area contributed by atoms with Crippen LogP contribution in [-0.2, 0) is 6.54 Å². The molecule has 1 amide bonds. The molecule has 1 saturated heterocycles. The fourth-order valence-electron chi connectivity index (χ4n) is 3.10. The molecule has 1 aliphatic heterocycles.